The Labute approximate surface area is 118 Å². The molecule has 19 heavy (non-hydrogen) atoms. The second-order valence-corrected chi connectivity index (χ2v) is 4.96. The smallest absolute Gasteiger partial charge is 0.255 e. The van der Waals surface area contributed by atoms with Gasteiger partial charge in [-0.3, -0.25) is 4.79 Å². The first kappa shape index (κ1) is 15.6. The van der Waals surface area contributed by atoms with E-state index in [0.717, 1.165) is 12.1 Å². The van der Waals surface area contributed by atoms with Crippen molar-refractivity contribution in [1.82, 2.24) is 0 Å². The number of rotatable bonds is 7. The van der Waals surface area contributed by atoms with Crippen LogP contribution in [0.25, 0.3) is 0 Å². The highest BCUT2D eigenvalue weighted by Gasteiger charge is 2.14. The Bertz CT molecular complexity index is 450. The van der Waals surface area contributed by atoms with Crippen LogP contribution in [0, 0.1) is 0 Å². The zero-order valence-corrected chi connectivity index (χ0v) is 12.2. The number of ether oxygens (including phenoxy) is 2. The van der Waals surface area contributed by atoms with Gasteiger partial charge in [0.05, 0.1) is 18.2 Å². The summed E-state index contributed by atoms with van der Waals surface area (Å²) in [6.07, 6.45) is 0. The van der Waals surface area contributed by atoms with Crippen molar-refractivity contribution in [2.75, 3.05) is 13.7 Å². The molecule has 106 valence electrons. The van der Waals surface area contributed by atoms with Crippen molar-refractivity contribution in [2.45, 2.75) is 26.4 Å². The van der Waals surface area contributed by atoms with E-state index in [1.54, 1.807) is 6.07 Å². The molecule has 0 unspecified atom stereocenters. The molecule has 5 nitrogen and oxygen atoms in total. The highest BCUT2D eigenvalue weighted by atomic mass is 35.5. The van der Waals surface area contributed by atoms with E-state index in [9.17, 15) is 4.79 Å². The maximum Gasteiger partial charge on any atom is 0.255 e. The number of hydrogen-bond acceptors (Lipinski definition) is 3. The maximum atomic E-state index is 10.7. The molecule has 0 aliphatic heterocycles. The minimum atomic E-state index is -0.560. The van der Waals surface area contributed by atoms with Crippen molar-refractivity contribution in [3.05, 3.63) is 22.7 Å². The van der Waals surface area contributed by atoms with Crippen LogP contribution in [0.3, 0.4) is 0 Å². The molecule has 1 aromatic carbocycles. The van der Waals surface area contributed by atoms with E-state index in [1.165, 1.54) is 7.11 Å². The van der Waals surface area contributed by atoms with Crippen LogP contribution >= 0.6 is 11.6 Å². The SMILES string of the molecule is COc1cc(C[NH2+]C(C)C)cc(Cl)c1OCC(N)=O. The summed E-state index contributed by atoms with van der Waals surface area (Å²) in [7, 11) is 1.53. The van der Waals surface area contributed by atoms with Crippen molar-refractivity contribution >= 4 is 17.5 Å². The molecule has 0 aliphatic rings. The van der Waals surface area contributed by atoms with Crippen LogP contribution in [0.5, 0.6) is 11.5 Å². The summed E-state index contributed by atoms with van der Waals surface area (Å²) < 4.78 is 10.5. The third kappa shape index (κ3) is 4.96. The van der Waals surface area contributed by atoms with Crippen LogP contribution in [0.2, 0.25) is 5.02 Å². The van der Waals surface area contributed by atoms with Crippen LogP contribution in [0.15, 0.2) is 12.1 Å². The second-order valence-electron chi connectivity index (χ2n) is 4.55. The van der Waals surface area contributed by atoms with Crippen molar-refractivity contribution in [1.29, 1.82) is 0 Å². The Kier molecular flexibility index (Phi) is 5.92. The Balaban J connectivity index is 2.90. The van der Waals surface area contributed by atoms with Gasteiger partial charge >= 0.3 is 0 Å². The predicted octanol–water partition coefficient (Wildman–Crippen LogP) is 0.684. The summed E-state index contributed by atoms with van der Waals surface area (Å²) in [6.45, 7) is 4.80. The van der Waals surface area contributed by atoms with Crippen molar-refractivity contribution in [2.24, 2.45) is 5.73 Å². The average Bonchev–Trinajstić information content (AvgIpc) is 2.34. The van der Waals surface area contributed by atoms with Crippen LogP contribution < -0.4 is 20.5 Å². The van der Waals surface area contributed by atoms with Gasteiger partial charge in [-0.2, -0.15) is 0 Å². The number of primary amides is 1. The quantitative estimate of drug-likeness (QED) is 0.774. The monoisotopic (exact) mass is 287 g/mol. The van der Waals surface area contributed by atoms with Gasteiger partial charge in [0.25, 0.3) is 5.91 Å². The summed E-state index contributed by atoms with van der Waals surface area (Å²) in [4.78, 5) is 10.7. The number of amides is 1. The minimum Gasteiger partial charge on any atom is -0.493 e. The molecule has 1 amide bonds. The van der Waals surface area contributed by atoms with Gasteiger partial charge < -0.3 is 20.5 Å². The molecule has 0 saturated carbocycles. The van der Waals surface area contributed by atoms with Gasteiger partial charge in [-0.05, 0) is 26.0 Å². The highest BCUT2D eigenvalue weighted by molar-refractivity contribution is 6.32. The van der Waals surface area contributed by atoms with Crippen LogP contribution in [0.4, 0.5) is 0 Å². The number of methoxy groups -OCH3 is 1. The Hall–Kier alpha value is -1.46. The summed E-state index contributed by atoms with van der Waals surface area (Å²) in [5.41, 5.74) is 6.07. The van der Waals surface area contributed by atoms with Gasteiger partial charge in [-0.1, -0.05) is 11.6 Å². The van der Waals surface area contributed by atoms with Crippen LogP contribution in [-0.2, 0) is 11.3 Å². The van der Waals surface area contributed by atoms with Crippen molar-refractivity contribution in [3.63, 3.8) is 0 Å². The lowest BCUT2D eigenvalue weighted by Gasteiger charge is -2.13. The van der Waals surface area contributed by atoms with E-state index in [1.807, 2.05) is 6.07 Å². The number of nitrogens with two attached hydrogens (primary N) is 2. The first-order chi connectivity index (χ1) is 8.93. The van der Waals surface area contributed by atoms with Crippen LogP contribution in [0.1, 0.15) is 19.4 Å². The molecule has 0 aliphatic carbocycles. The van der Waals surface area contributed by atoms with E-state index >= 15 is 0 Å². The number of hydrogen-bond donors (Lipinski definition) is 2. The Morgan fingerprint density at radius 2 is 2.16 bits per heavy atom. The molecular formula is C13H20ClN2O3+. The summed E-state index contributed by atoms with van der Waals surface area (Å²) in [6, 6.07) is 4.15. The first-order valence-corrected chi connectivity index (χ1v) is 6.42. The minimum absolute atomic E-state index is 0.229. The van der Waals surface area contributed by atoms with Gasteiger partial charge in [-0.15, -0.1) is 0 Å². The van der Waals surface area contributed by atoms with Crippen molar-refractivity contribution in [3.8, 4) is 11.5 Å². The Morgan fingerprint density at radius 1 is 1.47 bits per heavy atom. The van der Waals surface area contributed by atoms with Crippen molar-refractivity contribution < 1.29 is 19.6 Å². The third-order valence-electron chi connectivity index (χ3n) is 2.47. The maximum absolute atomic E-state index is 10.7. The average molecular weight is 288 g/mol. The normalized spacial score (nSPS) is 10.6. The fourth-order valence-electron chi connectivity index (χ4n) is 1.55. The fraction of sp³-hybridized carbons (Fsp3) is 0.462. The molecule has 1 aromatic rings. The zero-order chi connectivity index (χ0) is 14.4. The Morgan fingerprint density at radius 3 is 2.68 bits per heavy atom. The van der Waals surface area contributed by atoms with Gasteiger partial charge in [0.2, 0.25) is 0 Å². The van der Waals surface area contributed by atoms with Gasteiger partial charge in [0, 0.05) is 5.56 Å². The standard InChI is InChI=1S/C13H19ClN2O3/c1-8(2)16-6-9-4-10(14)13(11(5-9)18-3)19-7-12(15)17/h4-5,8,16H,6-7H2,1-3H3,(H2,15,17)/p+1. The number of benzene rings is 1. The lowest BCUT2D eigenvalue weighted by molar-refractivity contribution is -0.698. The lowest BCUT2D eigenvalue weighted by atomic mass is 10.2. The number of quaternary nitrogens is 1. The molecule has 1 rings (SSSR count). The molecule has 0 heterocycles. The molecule has 0 saturated heterocycles. The topological polar surface area (TPSA) is 78.2 Å². The van der Waals surface area contributed by atoms with Gasteiger partial charge in [0.15, 0.2) is 18.1 Å². The van der Waals surface area contributed by atoms with Gasteiger partial charge in [-0.25, -0.2) is 0 Å². The molecule has 0 aromatic heterocycles. The molecule has 0 spiro atoms. The van der Waals surface area contributed by atoms with E-state index < -0.39 is 5.91 Å². The van der Waals surface area contributed by atoms with E-state index in [4.69, 9.17) is 26.8 Å². The lowest BCUT2D eigenvalue weighted by Crippen LogP contribution is -2.86. The van der Waals surface area contributed by atoms with Crippen LogP contribution in [-0.4, -0.2) is 25.7 Å². The van der Waals surface area contributed by atoms with E-state index in [2.05, 4.69) is 19.2 Å². The largest absolute Gasteiger partial charge is 0.493 e. The number of halogens is 1. The molecule has 0 atom stereocenters. The third-order valence-corrected chi connectivity index (χ3v) is 2.75. The number of carbonyl (C=O) groups is 1. The zero-order valence-electron chi connectivity index (χ0n) is 11.4. The molecule has 6 heteroatoms. The molecule has 0 bridgehead atoms. The highest BCUT2D eigenvalue weighted by Crippen LogP contribution is 2.36. The molecule has 4 N–H and O–H groups in total. The predicted molar refractivity (Wildman–Crippen MR) is 73.5 cm³/mol. The number of carbonyl (C=O) groups excluding carboxylic acids is 1. The van der Waals surface area contributed by atoms with Gasteiger partial charge in [0.1, 0.15) is 6.54 Å². The fourth-order valence-corrected chi connectivity index (χ4v) is 1.83. The summed E-state index contributed by atoms with van der Waals surface area (Å²) in [5, 5.41) is 2.59. The van der Waals surface area contributed by atoms with E-state index in [-0.39, 0.29) is 6.61 Å². The summed E-state index contributed by atoms with van der Waals surface area (Å²) >= 11 is 6.14. The second kappa shape index (κ2) is 7.21. The molecule has 0 fully saturated rings. The van der Waals surface area contributed by atoms with E-state index in [0.29, 0.717) is 22.6 Å². The summed E-state index contributed by atoms with van der Waals surface area (Å²) in [5.74, 6) is 0.285. The first-order valence-electron chi connectivity index (χ1n) is 6.05. The molecular weight excluding hydrogens is 268 g/mol. The molecule has 0 radical (unpaired) electrons.